The van der Waals surface area contributed by atoms with Gasteiger partial charge in [0.05, 0.1) is 25.3 Å². The Hall–Kier alpha value is -2.44. The fraction of sp³-hybridized carbons (Fsp3) is 0.333. The van der Waals surface area contributed by atoms with Gasteiger partial charge in [0.1, 0.15) is 5.56 Å². The Kier molecular flexibility index (Phi) is 3.70. The van der Waals surface area contributed by atoms with Gasteiger partial charge in [-0.15, -0.1) is 0 Å². The number of carbonyl (C=O) groups is 1. The van der Waals surface area contributed by atoms with Gasteiger partial charge in [-0.2, -0.15) is 0 Å². The standard InChI is InChI=1S/C18H19N3O3/c19-16-12-4-2-1-3-10(12)8-15(16)21-18(23)13-7-11-9-24-6-5-14(11)20-17(13)22/h1-4,7,15-16H,5-6,8-9,19H2,(H,20,22)(H,21,23)/t15-,16-/m1/s1. The zero-order chi connectivity index (χ0) is 16.7. The predicted molar refractivity (Wildman–Crippen MR) is 88.8 cm³/mol. The van der Waals surface area contributed by atoms with Crippen molar-refractivity contribution in [2.24, 2.45) is 5.73 Å². The van der Waals surface area contributed by atoms with Crippen LogP contribution in [-0.4, -0.2) is 23.5 Å². The van der Waals surface area contributed by atoms with Crippen molar-refractivity contribution in [2.45, 2.75) is 31.5 Å². The number of carbonyl (C=O) groups excluding carboxylic acids is 1. The van der Waals surface area contributed by atoms with Crippen molar-refractivity contribution in [3.63, 3.8) is 0 Å². The maximum atomic E-state index is 12.6. The second-order valence-corrected chi connectivity index (χ2v) is 6.33. The van der Waals surface area contributed by atoms with Crippen LogP contribution in [0.4, 0.5) is 0 Å². The second-order valence-electron chi connectivity index (χ2n) is 6.33. The van der Waals surface area contributed by atoms with Crippen molar-refractivity contribution in [2.75, 3.05) is 6.61 Å². The molecule has 1 aliphatic heterocycles. The lowest BCUT2D eigenvalue weighted by Gasteiger charge is -2.19. The van der Waals surface area contributed by atoms with Gasteiger partial charge in [-0.3, -0.25) is 9.59 Å². The van der Waals surface area contributed by atoms with Crippen LogP contribution in [0.1, 0.15) is 38.8 Å². The molecular weight excluding hydrogens is 306 g/mol. The van der Waals surface area contributed by atoms with Gasteiger partial charge in [0, 0.05) is 12.1 Å². The molecule has 4 N–H and O–H groups in total. The first-order valence-electron chi connectivity index (χ1n) is 8.10. The first-order valence-corrected chi connectivity index (χ1v) is 8.10. The molecule has 2 heterocycles. The average molecular weight is 325 g/mol. The molecule has 2 aliphatic rings. The monoisotopic (exact) mass is 325 g/mol. The van der Waals surface area contributed by atoms with Crippen molar-refractivity contribution >= 4 is 5.91 Å². The fourth-order valence-electron chi connectivity index (χ4n) is 3.50. The zero-order valence-electron chi connectivity index (χ0n) is 13.2. The van der Waals surface area contributed by atoms with Gasteiger partial charge < -0.3 is 20.8 Å². The lowest BCUT2D eigenvalue weighted by Crippen LogP contribution is -2.42. The molecule has 6 heteroatoms. The minimum atomic E-state index is -0.391. The van der Waals surface area contributed by atoms with Gasteiger partial charge in [-0.1, -0.05) is 24.3 Å². The molecule has 0 saturated carbocycles. The predicted octanol–water partition coefficient (Wildman–Crippen LogP) is 0.802. The highest BCUT2D eigenvalue weighted by Gasteiger charge is 2.31. The molecule has 2 atom stereocenters. The summed E-state index contributed by atoms with van der Waals surface area (Å²) in [5.74, 6) is -0.391. The largest absolute Gasteiger partial charge is 0.376 e. The molecule has 0 spiro atoms. The van der Waals surface area contributed by atoms with Crippen LogP contribution in [0.5, 0.6) is 0 Å². The van der Waals surface area contributed by atoms with E-state index in [-0.39, 0.29) is 23.2 Å². The van der Waals surface area contributed by atoms with Crippen molar-refractivity contribution in [3.8, 4) is 0 Å². The second kappa shape index (κ2) is 5.89. The summed E-state index contributed by atoms with van der Waals surface area (Å²) >= 11 is 0. The van der Waals surface area contributed by atoms with E-state index >= 15 is 0 Å². The molecule has 0 radical (unpaired) electrons. The topological polar surface area (TPSA) is 97.2 Å². The average Bonchev–Trinajstić information content (AvgIpc) is 2.90. The summed E-state index contributed by atoms with van der Waals surface area (Å²) < 4.78 is 5.39. The number of aromatic amines is 1. The molecule has 1 aromatic heterocycles. The lowest BCUT2D eigenvalue weighted by molar-refractivity contribution is 0.0928. The summed E-state index contributed by atoms with van der Waals surface area (Å²) in [5.41, 5.74) is 9.91. The first-order chi connectivity index (χ1) is 11.6. The van der Waals surface area contributed by atoms with E-state index in [0.29, 0.717) is 26.1 Å². The molecule has 4 rings (SSSR count). The maximum Gasteiger partial charge on any atom is 0.261 e. The van der Waals surface area contributed by atoms with Gasteiger partial charge in [0.15, 0.2) is 0 Å². The van der Waals surface area contributed by atoms with E-state index in [1.165, 1.54) is 0 Å². The highest BCUT2D eigenvalue weighted by molar-refractivity contribution is 5.94. The summed E-state index contributed by atoms with van der Waals surface area (Å²) in [7, 11) is 0. The third kappa shape index (κ3) is 2.53. The molecule has 1 aliphatic carbocycles. The number of hydrogen-bond acceptors (Lipinski definition) is 4. The Balaban J connectivity index is 1.56. The number of amides is 1. The number of aromatic nitrogens is 1. The van der Waals surface area contributed by atoms with E-state index < -0.39 is 5.91 Å². The van der Waals surface area contributed by atoms with Crippen molar-refractivity contribution in [1.82, 2.24) is 10.3 Å². The van der Waals surface area contributed by atoms with Gasteiger partial charge in [0.25, 0.3) is 11.5 Å². The highest BCUT2D eigenvalue weighted by atomic mass is 16.5. The summed E-state index contributed by atoms with van der Waals surface area (Å²) in [6.45, 7) is 1.00. The number of hydrogen-bond donors (Lipinski definition) is 3. The lowest BCUT2D eigenvalue weighted by atomic mass is 10.1. The number of fused-ring (bicyclic) bond motifs is 2. The van der Waals surface area contributed by atoms with Crippen LogP contribution in [0.15, 0.2) is 35.1 Å². The van der Waals surface area contributed by atoms with Crippen molar-refractivity contribution in [3.05, 3.63) is 68.6 Å². The molecule has 2 aromatic rings. The van der Waals surface area contributed by atoms with Crippen LogP contribution in [0.2, 0.25) is 0 Å². The number of H-pyrrole nitrogens is 1. The SMILES string of the molecule is N[C@@H]1c2ccccc2C[C@H]1NC(=O)c1cc2c([nH]c1=O)CCOC2. The first kappa shape index (κ1) is 15.1. The number of pyridine rings is 1. The van der Waals surface area contributed by atoms with Crippen LogP contribution in [-0.2, 0) is 24.2 Å². The molecule has 0 saturated heterocycles. The maximum absolute atomic E-state index is 12.6. The van der Waals surface area contributed by atoms with Crippen LogP contribution in [0.3, 0.4) is 0 Å². The molecule has 0 unspecified atom stereocenters. The van der Waals surface area contributed by atoms with Crippen LogP contribution < -0.4 is 16.6 Å². The quantitative estimate of drug-likeness (QED) is 0.761. The smallest absolute Gasteiger partial charge is 0.261 e. The summed E-state index contributed by atoms with van der Waals surface area (Å²) in [4.78, 5) is 27.6. The Bertz CT molecular complexity index is 859. The Morgan fingerprint density at radius 2 is 2.12 bits per heavy atom. The van der Waals surface area contributed by atoms with Gasteiger partial charge in [-0.25, -0.2) is 0 Å². The highest BCUT2D eigenvalue weighted by Crippen LogP contribution is 2.29. The molecular formula is C18H19N3O3. The number of ether oxygens (including phenoxy) is 1. The Morgan fingerprint density at radius 3 is 2.96 bits per heavy atom. The van der Waals surface area contributed by atoms with Crippen LogP contribution >= 0.6 is 0 Å². The molecule has 1 aromatic carbocycles. The van der Waals surface area contributed by atoms with E-state index in [9.17, 15) is 9.59 Å². The Morgan fingerprint density at radius 1 is 1.29 bits per heavy atom. The zero-order valence-corrected chi connectivity index (χ0v) is 13.2. The number of nitrogens with one attached hydrogen (secondary N) is 2. The molecule has 6 nitrogen and oxygen atoms in total. The molecule has 1 amide bonds. The fourth-order valence-corrected chi connectivity index (χ4v) is 3.50. The molecule has 0 bridgehead atoms. The Labute approximate surface area is 139 Å². The third-order valence-corrected chi connectivity index (χ3v) is 4.82. The molecule has 24 heavy (non-hydrogen) atoms. The minimum Gasteiger partial charge on any atom is -0.376 e. The summed E-state index contributed by atoms with van der Waals surface area (Å²) in [5, 5.41) is 2.91. The normalized spacial score (nSPS) is 21.9. The molecule has 124 valence electrons. The number of rotatable bonds is 2. The van der Waals surface area contributed by atoms with Crippen LogP contribution in [0.25, 0.3) is 0 Å². The van der Waals surface area contributed by atoms with E-state index in [2.05, 4.69) is 10.3 Å². The minimum absolute atomic E-state index is 0.113. The van der Waals surface area contributed by atoms with E-state index in [1.807, 2.05) is 24.3 Å². The van der Waals surface area contributed by atoms with Crippen LogP contribution in [0, 0.1) is 0 Å². The summed E-state index contributed by atoms with van der Waals surface area (Å²) in [6, 6.07) is 9.07. The van der Waals surface area contributed by atoms with Gasteiger partial charge in [-0.05, 0) is 29.2 Å². The van der Waals surface area contributed by atoms with E-state index in [4.69, 9.17) is 10.5 Å². The van der Waals surface area contributed by atoms with Gasteiger partial charge >= 0.3 is 0 Å². The number of benzene rings is 1. The third-order valence-electron chi connectivity index (χ3n) is 4.82. The molecule has 0 fully saturated rings. The van der Waals surface area contributed by atoms with E-state index in [1.54, 1.807) is 6.07 Å². The van der Waals surface area contributed by atoms with Gasteiger partial charge in [0.2, 0.25) is 0 Å². The van der Waals surface area contributed by atoms with Crippen molar-refractivity contribution < 1.29 is 9.53 Å². The number of nitrogens with two attached hydrogens (primary N) is 1. The van der Waals surface area contributed by atoms with E-state index in [0.717, 1.165) is 22.4 Å². The van der Waals surface area contributed by atoms with Crippen molar-refractivity contribution in [1.29, 1.82) is 0 Å². The summed E-state index contributed by atoms with van der Waals surface area (Å²) in [6.07, 6.45) is 1.34.